The monoisotopic (exact) mass is 519 g/mol. The van der Waals surface area contributed by atoms with E-state index in [1.165, 1.54) is 82.0 Å². The molecule has 3 aliphatic heterocycles. The van der Waals surface area contributed by atoms with Gasteiger partial charge in [0.05, 0.1) is 24.1 Å². The first-order chi connectivity index (χ1) is 18.6. The summed E-state index contributed by atoms with van der Waals surface area (Å²) in [4.78, 5) is 23.9. The molecule has 2 aromatic rings. The van der Waals surface area contributed by atoms with Crippen LogP contribution >= 0.6 is 0 Å². The first-order valence-electron chi connectivity index (χ1n) is 15.5. The lowest BCUT2D eigenvalue weighted by Gasteiger charge is -2.55. The van der Waals surface area contributed by atoms with Gasteiger partial charge in [0.25, 0.3) is 0 Å². The van der Waals surface area contributed by atoms with Gasteiger partial charge in [-0.15, -0.1) is 0 Å². The molecule has 6 atom stereocenters. The number of carboxylic acid groups (broad SMARTS) is 1. The Kier molecular flexibility index (Phi) is 6.95. The molecule has 0 amide bonds. The summed E-state index contributed by atoms with van der Waals surface area (Å²) in [5.41, 5.74) is 2.43. The van der Waals surface area contributed by atoms with Gasteiger partial charge in [0, 0.05) is 50.3 Å². The first-order valence-corrected chi connectivity index (χ1v) is 15.5. The largest absolute Gasteiger partial charge is 0.480 e. The molecule has 1 aromatic carbocycles. The summed E-state index contributed by atoms with van der Waals surface area (Å²) in [7, 11) is 0. The van der Waals surface area contributed by atoms with Crippen LogP contribution in [0, 0.1) is 11.8 Å². The third-order valence-electron chi connectivity index (χ3n) is 10.8. The molecular formula is C31H45N5O2. The summed E-state index contributed by atoms with van der Waals surface area (Å²) in [6.07, 6.45) is 15.5. The van der Waals surface area contributed by atoms with Crippen molar-refractivity contribution < 1.29 is 9.90 Å². The van der Waals surface area contributed by atoms with E-state index in [1.54, 1.807) is 0 Å². The lowest BCUT2D eigenvalue weighted by atomic mass is 9.68. The van der Waals surface area contributed by atoms with Gasteiger partial charge in [-0.3, -0.25) is 19.5 Å². The predicted molar refractivity (Wildman–Crippen MR) is 149 cm³/mol. The molecule has 0 spiro atoms. The second-order valence-electron chi connectivity index (χ2n) is 13.2. The zero-order valence-corrected chi connectivity index (χ0v) is 22.9. The number of carbonyl (C=O) groups is 1. The maximum absolute atomic E-state index is 11.1. The van der Waals surface area contributed by atoms with E-state index in [2.05, 4.69) is 43.5 Å². The third kappa shape index (κ3) is 4.90. The lowest BCUT2D eigenvalue weighted by molar-refractivity contribution is -0.138. The summed E-state index contributed by atoms with van der Waals surface area (Å²) in [6, 6.07) is 11.6. The molecule has 4 heterocycles. The Morgan fingerprint density at radius 2 is 1.45 bits per heavy atom. The average molecular weight is 520 g/mol. The second kappa shape index (κ2) is 10.5. The van der Waals surface area contributed by atoms with Gasteiger partial charge in [0.2, 0.25) is 0 Å². The van der Waals surface area contributed by atoms with Crippen molar-refractivity contribution in [1.82, 2.24) is 24.3 Å². The van der Waals surface area contributed by atoms with E-state index < -0.39 is 5.97 Å². The van der Waals surface area contributed by atoms with Crippen LogP contribution in [-0.2, 0) is 11.3 Å². The van der Waals surface area contributed by atoms with E-state index in [1.807, 2.05) is 0 Å². The number of imidazole rings is 1. The summed E-state index contributed by atoms with van der Waals surface area (Å²) >= 11 is 0. The Morgan fingerprint density at radius 1 is 0.789 bits per heavy atom. The molecule has 7 rings (SSSR count). The number of hydrogen-bond acceptors (Lipinski definition) is 5. The Morgan fingerprint density at radius 3 is 2.16 bits per heavy atom. The standard InChI is InChI=1S/C31H45N5O2/c37-31(38)21-34-13-11-33(12-14-34)20-30-32-28-9-1-2-10-29(28)36(30)27-18-24-7-4-8-25(19-27)35(24)26-16-22-5-3-6-23(15-22)17-26/h1-2,9-10,22-27H,3-8,11-21H2,(H,37,38)/t22-,23+,24-,25+,26+,27+. The fourth-order valence-electron chi connectivity index (χ4n) is 9.25. The molecule has 7 heteroatoms. The van der Waals surface area contributed by atoms with Crippen LogP contribution in [-0.4, -0.2) is 86.2 Å². The summed E-state index contributed by atoms with van der Waals surface area (Å²) in [5, 5.41) is 9.17. The average Bonchev–Trinajstić information content (AvgIpc) is 3.26. The number of piperazine rings is 1. The maximum atomic E-state index is 11.1. The number of carboxylic acids is 1. The molecule has 2 saturated carbocycles. The summed E-state index contributed by atoms with van der Waals surface area (Å²) < 4.78 is 2.64. The van der Waals surface area contributed by atoms with Gasteiger partial charge < -0.3 is 9.67 Å². The molecule has 2 aliphatic carbocycles. The van der Waals surface area contributed by atoms with Crippen molar-refractivity contribution >= 4 is 17.0 Å². The number of aromatic nitrogens is 2. The molecule has 5 fully saturated rings. The van der Waals surface area contributed by atoms with Crippen LogP contribution in [0.3, 0.4) is 0 Å². The first kappa shape index (κ1) is 25.0. The van der Waals surface area contributed by atoms with E-state index in [-0.39, 0.29) is 6.54 Å². The van der Waals surface area contributed by atoms with Crippen LogP contribution < -0.4 is 0 Å². The molecule has 4 bridgehead atoms. The Bertz CT molecular complexity index is 1110. The maximum Gasteiger partial charge on any atom is 0.317 e. The van der Waals surface area contributed by atoms with Crippen LogP contribution in [0.15, 0.2) is 24.3 Å². The van der Waals surface area contributed by atoms with E-state index in [9.17, 15) is 4.79 Å². The minimum atomic E-state index is -0.728. The Labute approximate surface area is 227 Å². The van der Waals surface area contributed by atoms with E-state index in [0.29, 0.717) is 6.04 Å². The van der Waals surface area contributed by atoms with Crippen LogP contribution in [0.5, 0.6) is 0 Å². The molecule has 5 aliphatic rings. The number of hydrogen-bond donors (Lipinski definition) is 1. The van der Waals surface area contributed by atoms with Crippen LogP contribution in [0.25, 0.3) is 11.0 Å². The van der Waals surface area contributed by atoms with Gasteiger partial charge in [0.1, 0.15) is 5.82 Å². The van der Waals surface area contributed by atoms with E-state index >= 15 is 0 Å². The normalized spacial score (nSPS) is 34.9. The van der Waals surface area contributed by atoms with Crippen molar-refractivity contribution in [3.05, 3.63) is 30.1 Å². The highest BCUT2D eigenvalue weighted by Crippen LogP contribution is 2.48. The van der Waals surface area contributed by atoms with Crippen molar-refractivity contribution in [3.8, 4) is 0 Å². The quantitative estimate of drug-likeness (QED) is 0.593. The van der Waals surface area contributed by atoms with Crippen molar-refractivity contribution in [2.24, 2.45) is 11.8 Å². The number of rotatable bonds is 6. The number of aliphatic carboxylic acids is 1. The van der Waals surface area contributed by atoms with E-state index in [0.717, 1.165) is 68.2 Å². The Hall–Kier alpha value is -1.96. The number of fused-ring (bicyclic) bond motifs is 5. The van der Waals surface area contributed by atoms with E-state index in [4.69, 9.17) is 10.1 Å². The zero-order valence-electron chi connectivity index (χ0n) is 22.9. The number of para-hydroxylation sites is 2. The molecular weight excluding hydrogens is 474 g/mol. The number of nitrogens with zero attached hydrogens (tertiary/aromatic N) is 5. The molecule has 7 nitrogen and oxygen atoms in total. The van der Waals surface area contributed by atoms with Gasteiger partial charge in [0.15, 0.2) is 0 Å². The van der Waals surface area contributed by atoms with Gasteiger partial charge in [-0.2, -0.15) is 0 Å². The molecule has 38 heavy (non-hydrogen) atoms. The number of piperidine rings is 2. The highest BCUT2D eigenvalue weighted by atomic mass is 16.4. The molecule has 1 N–H and O–H groups in total. The van der Waals surface area contributed by atoms with Crippen LogP contribution in [0.1, 0.15) is 82.5 Å². The molecule has 206 valence electrons. The van der Waals surface area contributed by atoms with Crippen LogP contribution in [0.2, 0.25) is 0 Å². The lowest BCUT2D eigenvalue weighted by Crippen LogP contribution is -2.58. The molecule has 0 unspecified atom stereocenters. The van der Waals surface area contributed by atoms with Crippen molar-refractivity contribution in [2.45, 2.75) is 101 Å². The van der Waals surface area contributed by atoms with Gasteiger partial charge in [-0.25, -0.2) is 4.98 Å². The fraction of sp³-hybridized carbons (Fsp3) is 0.742. The summed E-state index contributed by atoms with van der Waals surface area (Å²) in [6.45, 7) is 4.46. The highest BCUT2D eigenvalue weighted by molar-refractivity contribution is 5.76. The molecule has 3 saturated heterocycles. The van der Waals surface area contributed by atoms with Crippen molar-refractivity contribution in [2.75, 3.05) is 32.7 Å². The minimum absolute atomic E-state index is 0.149. The van der Waals surface area contributed by atoms with Crippen molar-refractivity contribution in [3.63, 3.8) is 0 Å². The molecule has 1 aromatic heterocycles. The van der Waals surface area contributed by atoms with Gasteiger partial charge in [-0.1, -0.05) is 37.8 Å². The highest BCUT2D eigenvalue weighted by Gasteiger charge is 2.45. The smallest absolute Gasteiger partial charge is 0.317 e. The summed E-state index contributed by atoms with van der Waals surface area (Å²) in [5.74, 6) is 2.47. The second-order valence-corrected chi connectivity index (χ2v) is 13.2. The zero-order chi connectivity index (χ0) is 25.6. The fourth-order valence-corrected chi connectivity index (χ4v) is 9.25. The third-order valence-corrected chi connectivity index (χ3v) is 10.8. The number of benzene rings is 1. The van der Waals surface area contributed by atoms with Crippen LogP contribution in [0.4, 0.5) is 0 Å². The minimum Gasteiger partial charge on any atom is -0.480 e. The predicted octanol–water partition coefficient (Wildman–Crippen LogP) is 4.77. The Balaban J connectivity index is 1.11. The SMILES string of the molecule is O=C(O)CN1CCN(Cc2nc3ccccc3n2[C@H]2C[C@H]3CCC[C@@H](C2)N3[C@H]2C[C@@H]3CCC[C@@H](C3)C2)CC1. The van der Waals surface area contributed by atoms with Gasteiger partial charge in [-0.05, 0) is 68.9 Å². The van der Waals surface area contributed by atoms with Crippen molar-refractivity contribution in [1.29, 1.82) is 0 Å². The van der Waals surface area contributed by atoms with Gasteiger partial charge >= 0.3 is 5.97 Å². The topological polar surface area (TPSA) is 64.8 Å². The molecule has 0 radical (unpaired) electrons.